The molecule has 0 aromatic rings. The Hall–Kier alpha value is -0.660. The molecule has 0 saturated carbocycles. The number of carboxylic acids is 1. The number of likely N-dealkylation sites (tertiary alicyclic amines) is 1. The van der Waals surface area contributed by atoms with Crippen LogP contribution in [0.5, 0.6) is 0 Å². The van der Waals surface area contributed by atoms with Gasteiger partial charge in [0.15, 0.2) is 9.84 Å². The lowest BCUT2D eigenvalue weighted by molar-refractivity contribution is -0.143. The van der Waals surface area contributed by atoms with Gasteiger partial charge in [-0.3, -0.25) is 9.69 Å². The maximum absolute atomic E-state index is 12.5. The Bertz CT molecular complexity index is 702. The molecule has 3 heterocycles. The van der Waals surface area contributed by atoms with Gasteiger partial charge in [-0.05, 0) is 56.3 Å². The largest absolute Gasteiger partial charge is 0.480 e. The molecule has 6 unspecified atom stereocenters. The number of hydrogen-bond donors (Lipinski definition) is 1. The van der Waals surface area contributed by atoms with Crippen LogP contribution < -0.4 is 0 Å². The first kappa shape index (κ1) is 23.0. The fourth-order valence-electron chi connectivity index (χ4n) is 5.81. The van der Waals surface area contributed by atoms with E-state index in [-0.39, 0.29) is 34.3 Å². The van der Waals surface area contributed by atoms with Gasteiger partial charge in [0.05, 0.1) is 24.2 Å². The molecule has 0 radical (unpaired) electrons. The Morgan fingerprint density at radius 3 is 2.28 bits per heavy atom. The van der Waals surface area contributed by atoms with Crippen LogP contribution in [0.4, 0.5) is 0 Å². The van der Waals surface area contributed by atoms with Crippen LogP contribution in [-0.4, -0.2) is 67.2 Å². The molecule has 3 rings (SSSR count). The molecule has 3 saturated heterocycles. The Labute approximate surface area is 176 Å². The summed E-state index contributed by atoms with van der Waals surface area (Å²) in [5, 5.41) is 9.56. The van der Waals surface area contributed by atoms with Crippen molar-refractivity contribution in [1.82, 2.24) is 4.90 Å². The number of rotatable bonds is 8. The SMILES string of the molecule is CC(C)C1CC(CC(C)N2CC(CC(C)C3(C)COC3)CC2C(=O)O)CS1(=O)=O. The van der Waals surface area contributed by atoms with Crippen molar-refractivity contribution in [3.63, 3.8) is 0 Å². The molecule has 7 heteroatoms. The third-order valence-electron chi connectivity index (χ3n) is 7.93. The van der Waals surface area contributed by atoms with E-state index in [1.54, 1.807) is 0 Å². The molecule has 0 aromatic heterocycles. The molecule has 3 aliphatic heterocycles. The van der Waals surface area contributed by atoms with E-state index in [2.05, 4.69) is 25.7 Å². The Balaban J connectivity index is 1.61. The van der Waals surface area contributed by atoms with Gasteiger partial charge in [0.25, 0.3) is 0 Å². The summed E-state index contributed by atoms with van der Waals surface area (Å²) >= 11 is 0. The summed E-state index contributed by atoms with van der Waals surface area (Å²) in [6, 6.07) is -0.364. The van der Waals surface area contributed by atoms with Gasteiger partial charge in [0, 0.05) is 18.0 Å². The zero-order valence-corrected chi connectivity index (χ0v) is 19.5. The minimum atomic E-state index is -3.02. The Kier molecular flexibility index (Phi) is 6.72. The molecule has 3 fully saturated rings. The number of ether oxygens (including phenoxy) is 1. The third kappa shape index (κ3) is 4.82. The zero-order chi connectivity index (χ0) is 21.6. The van der Waals surface area contributed by atoms with Crippen molar-refractivity contribution in [2.24, 2.45) is 29.1 Å². The Morgan fingerprint density at radius 1 is 1.14 bits per heavy atom. The molecular formula is C22H39NO5S. The summed E-state index contributed by atoms with van der Waals surface area (Å²) in [5.74, 6) is 0.677. The topological polar surface area (TPSA) is 83.9 Å². The fourth-order valence-corrected chi connectivity index (χ4v) is 8.38. The van der Waals surface area contributed by atoms with Crippen molar-refractivity contribution in [1.29, 1.82) is 0 Å². The number of nitrogens with zero attached hydrogens (tertiary/aromatic N) is 1. The highest BCUT2D eigenvalue weighted by molar-refractivity contribution is 7.92. The molecule has 3 aliphatic rings. The van der Waals surface area contributed by atoms with Crippen LogP contribution in [0.2, 0.25) is 0 Å². The number of carbonyl (C=O) groups is 1. The summed E-state index contributed by atoms with van der Waals surface area (Å²) in [5.41, 5.74) is 0.224. The molecule has 29 heavy (non-hydrogen) atoms. The van der Waals surface area contributed by atoms with Gasteiger partial charge in [0.1, 0.15) is 6.04 Å². The second kappa shape index (κ2) is 8.46. The molecule has 0 spiro atoms. The molecule has 1 N–H and O–H groups in total. The van der Waals surface area contributed by atoms with Crippen molar-refractivity contribution < 1.29 is 23.1 Å². The fraction of sp³-hybridized carbons (Fsp3) is 0.955. The van der Waals surface area contributed by atoms with E-state index in [1.165, 1.54) is 0 Å². The molecule has 6 atom stereocenters. The van der Waals surface area contributed by atoms with Crippen molar-refractivity contribution >= 4 is 15.8 Å². The summed E-state index contributed by atoms with van der Waals surface area (Å²) in [4.78, 5) is 14.1. The van der Waals surface area contributed by atoms with Crippen molar-refractivity contribution in [3.05, 3.63) is 0 Å². The van der Waals surface area contributed by atoms with E-state index in [1.807, 2.05) is 13.8 Å². The predicted molar refractivity (Wildman–Crippen MR) is 114 cm³/mol. The third-order valence-corrected chi connectivity index (χ3v) is 10.5. The minimum Gasteiger partial charge on any atom is -0.480 e. The zero-order valence-electron chi connectivity index (χ0n) is 18.6. The highest BCUT2D eigenvalue weighted by Gasteiger charge is 2.45. The lowest BCUT2D eigenvalue weighted by Crippen LogP contribution is -2.45. The first-order valence-corrected chi connectivity index (χ1v) is 12.9. The van der Waals surface area contributed by atoms with Crippen molar-refractivity contribution in [2.45, 2.75) is 77.6 Å². The average molecular weight is 430 g/mol. The summed E-state index contributed by atoms with van der Waals surface area (Å²) in [7, 11) is -3.02. The second-order valence-corrected chi connectivity index (χ2v) is 13.0. The number of sulfone groups is 1. The van der Waals surface area contributed by atoms with Gasteiger partial charge in [-0.15, -0.1) is 0 Å². The van der Waals surface area contributed by atoms with E-state index >= 15 is 0 Å². The average Bonchev–Trinajstić information content (AvgIpc) is 3.13. The lowest BCUT2D eigenvalue weighted by Gasteiger charge is -2.44. The molecule has 0 aliphatic carbocycles. The highest BCUT2D eigenvalue weighted by atomic mass is 32.2. The number of hydrogen-bond acceptors (Lipinski definition) is 5. The molecule has 0 bridgehead atoms. The summed E-state index contributed by atoms with van der Waals surface area (Å²) in [6.07, 6.45) is 3.20. The van der Waals surface area contributed by atoms with Crippen LogP contribution in [0.15, 0.2) is 0 Å². The van der Waals surface area contributed by atoms with Gasteiger partial charge < -0.3 is 9.84 Å². The van der Waals surface area contributed by atoms with Gasteiger partial charge in [-0.25, -0.2) is 8.42 Å². The molecule has 6 nitrogen and oxygen atoms in total. The quantitative estimate of drug-likeness (QED) is 0.638. The van der Waals surface area contributed by atoms with E-state index in [9.17, 15) is 18.3 Å². The first-order chi connectivity index (χ1) is 13.4. The maximum Gasteiger partial charge on any atom is 0.320 e. The van der Waals surface area contributed by atoms with Crippen molar-refractivity contribution in [3.8, 4) is 0 Å². The Morgan fingerprint density at radius 2 is 1.79 bits per heavy atom. The normalized spacial score (nSPS) is 36.1. The first-order valence-electron chi connectivity index (χ1n) is 11.2. The second-order valence-electron chi connectivity index (χ2n) is 10.7. The van der Waals surface area contributed by atoms with E-state index in [0.29, 0.717) is 24.7 Å². The standard InChI is InChI=1S/C22H39NO5S/c1-14(2)20-9-18(11-29(20,26)27)7-16(4)23-10-17(8-19(23)21(24)25)6-15(3)22(5)12-28-13-22/h14-20H,6-13H2,1-5H3,(H,24,25). The summed E-state index contributed by atoms with van der Waals surface area (Å²) in [6.45, 7) is 13.0. The molecule has 168 valence electrons. The smallest absolute Gasteiger partial charge is 0.320 e. The highest BCUT2D eigenvalue weighted by Crippen LogP contribution is 2.42. The molecule has 0 amide bonds. The van der Waals surface area contributed by atoms with E-state index < -0.39 is 21.8 Å². The van der Waals surface area contributed by atoms with E-state index in [0.717, 1.165) is 32.6 Å². The van der Waals surface area contributed by atoms with Crippen LogP contribution in [0.25, 0.3) is 0 Å². The van der Waals surface area contributed by atoms with Gasteiger partial charge in [-0.2, -0.15) is 0 Å². The van der Waals surface area contributed by atoms with Gasteiger partial charge in [-0.1, -0.05) is 27.7 Å². The van der Waals surface area contributed by atoms with Crippen LogP contribution >= 0.6 is 0 Å². The van der Waals surface area contributed by atoms with Gasteiger partial charge >= 0.3 is 5.97 Å². The maximum atomic E-state index is 12.5. The summed E-state index contributed by atoms with van der Waals surface area (Å²) < 4.78 is 30.3. The lowest BCUT2D eigenvalue weighted by atomic mass is 9.72. The van der Waals surface area contributed by atoms with Crippen LogP contribution in [-0.2, 0) is 19.4 Å². The minimum absolute atomic E-state index is 0.0881. The molecular weight excluding hydrogens is 390 g/mol. The predicted octanol–water partition coefficient (Wildman–Crippen LogP) is 3.06. The van der Waals surface area contributed by atoms with E-state index in [4.69, 9.17) is 4.74 Å². The van der Waals surface area contributed by atoms with Gasteiger partial charge in [0.2, 0.25) is 0 Å². The van der Waals surface area contributed by atoms with Crippen LogP contribution in [0, 0.1) is 29.1 Å². The van der Waals surface area contributed by atoms with Crippen molar-refractivity contribution in [2.75, 3.05) is 25.5 Å². The molecule has 0 aromatic carbocycles. The number of aliphatic carboxylic acids is 1. The monoisotopic (exact) mass is 429 g/mol. The van der Waals surface area contributed by atoms with Crippen LogP contribution in [0.1, 0.15) is 60.3 Å². The van der Waals surface area contributed by atoms with Crippen LogP contribution in [0.3, 0.4) is 0 Å². The number of carboxylic acid groups (broad SMARTS) is 1.